The van der Waals surface area contributed by atoms with Gasteiger partial charge in [0, 0.05) is 6.04 Å². The number of benzene rings is 1. The van der Waals surface area contributed by atoms with Gasteiger partial charge in [0.25, 0.3) is 0 Å². The first kappa shape index (κ1) is 16.1. The Morgan fingerprint density at radius 1 is 1.29 bits per heavy atom. The number of rotatable bonds is 6. The lowest BCUT2D eigenvalue weighted by atomic mass is 9.87. The molecule has 1 aromatic carbocycles. The molecule has 6 heteroatoms. The van der Waals surface area contributed by atoms with Crippen LogP contribution in [-0.2, 0) is 11.2 Å². The summed E-state index contributed by atoms with van der Waals surface area (Å²) in [5.74, 6) is 0.673. The van der Waals surface area contributed by atoms with Crippen molar-refractivity contribution >= 4 is 0 Å². The molecule has 0 spiro atoms. The third-order valence-electron chi connectivity index (χ3n) is 3.54. The summed E-state index contributed by atoms with van der Waals surface area (Å²) in [5.41, 5.74) is 2.53. The van der Waals surface area contributed by atoms with E-state index >= 15 is 0 Å². The van der Waals surface area contributed by atoms with E-state index in [9.17, 15) is 13.2 Å². The maximum absolute atomic E-state index is 11.9. The van der Waals surface area contributed by atoms with Crippen LogP contribution < -0.4 is 10.1 Å². The molecule has 0 saturated heterocycles. The van der Waals surface area contributed by atoms with Gasteiger partial charge in [-0.15, -0.1) is 0 Å². The first-order chi connectivity index (χ1) is 9.99. The standard InChI is InChI=1S/C15H20F3NO2/c1-19-14-4-2-3-11-5-6-12(9-13(11)14)21-8-7-20-10-15(16,17)18/h5-6,9,14,19H,2-4,7-8,10H2,1H3. The van der Waals surface area contributed by atoms with Crippen molar-refractivity contribution < 1.29 is 22.6 Å². The molecule has 0 saturated carbocycles. The molecule has 1 N–H and O–H groups in total. The van der Waals surface area contributed by atoms with E-state index in [-0.39, 0.29) is 13.2 Å². The first-order valence-corrected chi connectivity index (χ1v) is 7.07. The minimum Gasteiger partial charge on any atom is -0.491 e. The van der Waals surface area contributed by atoms with Crippen LogP contribution >= 0.6 is 0 Å². The Bertz CT molecular complexity index is 463. The smallest absolute Gasteiger partial charge is 0.411 e. The summed E-state index contributed by atoms with van der Waals surface area (Å²) in [7, 11) is 1.93. The van der Waals surface area contributed by atoms with E-state index in [2.05, 4.69) is 10.1 Å². The lowest BCUT2D eigenvalue weighted by Crippen LogP contribution is -2.22. The normalized spacial score (nSPS) is 18.4. The van der Waals surface area contributed by atoms with Gasteiger partial charge in [0.1, 0.15) is 19.0 Å². The molecule has 118 valence electrons. The van der Waals surface area contributed by atoms with Crippen LogP contribution in [0.3, 0.4) is 0 Å². The third kappa shape index (κ3) is 4.89. The molecular formula is C15H20F3NO2. The second-order valence-corrected chi connectivity index (χ2v) is 5.11. The van der Waals surface area contributed by atoms with Crippen LogP contribution in [0.1, 0.15) is 30.0 Å². The molecule has 0 fully saturated rings. The zero-order chi connectivity index (χ0) is 15.3. The average Bonchev–Trinajstić information content (AvgIpc) is 2.45. The lowest BCUT2D eigenvalue weighted by Gasteiger charge is -2.25. The quantitative estimate of drug-likeness (QED) is 0.818. The van der Waals surface area contributed by atoms with Gasteiger partial charge < -0.3 is 14.8 Å². The van der Waals surface area contributed by atoms with Gasteiger partial charge in [-0.25, -0.2) is 0 Å². The fraction of sp³-hybridized carbons (Fsp3) is 0.600. The second kappa shape index (κ2) is 7.13. The molecule has 0 aromatic heterocycles. The summed E-state index contributed by atoms with van der Waals surface area (Å²) in [5, 5.41) is 3.28. The topological polar surface area (TPSA) is 30.5 Å². The highest BCUT2D eigenvalue weighted by Gasteiger charge is 2.27. The Labute approximate surface area is 122 Å². The number of aryl methyl sites for hydroxylation is 1. The molecule has 0 amide bonds. The van der Waals surface area contributed by atoms with E-state index in [1.807, 2.05) is 25.2 Å². The van der Waals surface area contributed by atoms with Crippen LogP contribution in [0.15, 0.2) is 18.2 Å². The summed E-state index contributed by atoms with van der Waals surface area (Å²) in [6.07, 6.45) is -0.986. The molecule has 1 unspecified atom stereocenters. The third-order valence-corrected chi connectivity index (χ3v) is 3.54. The highest BCUT2D eigenvalue weighted by atomic mass is 19.4. The molecule has 1 aliphatic carbocycles. The molecule has 1 aromatic rings. The van der Waals surface area contributed by atoms with Crippen LogP contribution in [0, 0.1) is 0 Å². The highest BCUT2D eigenvalue weighted by Crippen LogP contribution is 2.32. The van der Waals surface area contributed by atoms with Crippen LogP contribution in [0.2, 0.25) is 0 Å². The summed E-state index contributed by atoms with van der Waals surface area (Å²) < 4.78 is 45.7. The molecule has 1 aliphatic rings. The van der Waals surface area contributed by atoms with E-state index in [0.29, 0.717) is 11.8 Å². The van der Waals surface area contributed by atoms with Crippen LogP contribution in [0.25, 0.3) is 0 Å². The van der Waals surface area contributed by atoms with Gasteiger partial charge in [0.05, 0.1) is 6.61 Å². The van der Waals surface area contributed by atoms with E-state index < -0.39 is 12.8 Å². The van der Waals surface area contributed by atoms with E-state index in [4.69, 9.17) is 4.74 Å². The summed E-state index contributed by atoms with van der Waals surface area (Å²) >= 11 is 0. The molecule has 21 heavy (non-hydrogen) atoms. The predicted molar refractivity (Wildman–Crippen MR) is 73.5 cm³/mol. The average molecular weight is 303 g/mol. The van der Waals surface area contributed by atoms with Gasteiger partial charge in [-0.1, -0.05) is 6.07 Å². The van der Waals surface area contributed by atoms with Crippen molar-refractivity contribution in [1.82, 2.24) is 5.32 Å². The van der Waals surface area contributed by atoms with Crippen molar-refractivity contribution in [2.75, 3.05) is 26.9 Å². The Balaban J connectivity index is 1.84. The molecule has 0 heterocycles. The summed E-state index contributed by atoms with van der Waals surface area (Å²) in [6, 6.07) is 6.18. The Kier molecular flexibility index (Phi) is 5.47. The fourth-order valence-electron chi connectivity index (χ4n) is 2.57. The van der Waals surface area contributed by atoms with Gasteiger partial charge >= 0.3 is 6.18 Å². The first-order valence-electron chi connectivity index (χ1n) is 7.07. The molecule has 0 radical (unpaired) electrons. The SMILES string of the molecule is CNC1CCCc2ccc(OCCOCC(F)(F)F)cc21. The van der Waals surface area contributed by atoms with Crippen LogP contribution in [0.5, 0.6) is 5.75 Å². The molecule has 0 bridgehead atoms. The summed E-state index contributed by atoms with van der Waals surface area (Å²) in [4.78, 5) is 0. The predicted octanol–water partition coefficient (Wildman–Crippen LogP) is 3.24. The highest BCUT2D eigenvalue weighted by molar-refractivity contribution is 5.39. The van der Waals surface area contributed by atoms with Crippen molar-refractivity contribution in [1.29, 1.82) is 0 Å². The van der Waals surface area contributed by atoms with Crippen LogP contribution in [-0.4, -0.2) is 33.0 Å². The second-order valence-electron chi connectivity index (χ2n) is 5.11. The zero-order valence-electron chi connectivity index (χ0n) is 12.0. The van der Waals surface area contributed by atoms with E-state index in [1.165, 1.54) is 11.1 Å². The number of ether oxygens (including phenoxy) is 2. The maximum atomic E-state index is 11.9. The largest absolute Gasteiger partial charge is 0.491 e. The molecule has 2 rings (SSSR count). The Morgan fingerprint density at radius 2 is 2.10 bits per heavy atom. The van der Waals surface area contributed by atoms with E-state index in [0.717, 1.165) is 19.3 Å². The molecule has 0 aliphatic heterocycles. The molecular weight excluding hydrogens is 283 g/mol. The number of hydrogen-bond donors (Lipinski definition) is 1. The zero-order valence-corrected chi connectivity index (χ0v) is 12.0. The number of halogens is 3. The molecule has 1 atom stereocenters. The maximum Gasteiger partial charge on any atom is 0.411 e. The summed E-state index contributed by atoms with van der Waals surface area (Å²) in [6.45, 7) is -1.20. The Hall–Kier alpha value is -1.27. The minimum absolute atomic E-state index is 0.0773. The number of nitrogens with one attached hydrogen (secondary N) is 1. The van der Waals surface area contributed by atoms with Gasteiger partial charge in [0.2, 0.25) is 0 Å². The number of fused-ring (bicyclic) bond motifs is 1. The van der Waals surface area contributed by atoms with Gasteiger partial charge in [-0.05, 0) is 49.6 Å². The van der Waals surface area contributed by atoms with Crippen molar-refractivity contribution in [3.05, 3.63) is 29.3 Å². The number of hydrogen-bond acceptors (Lipinski definition) is 3. The number of alkyl halides is 3. The minimum atomic E-state index is -4.29. The van der Waals surface area contributed by atoms with Crippen molar-refractivity contribution in [2.45, 2.75) is 31.5 Å². The Morgan fingerprint density at radius 3 is 2.81 bits per heavy atom. The molecule has 3 nitrogen and oxygen atoms in total. The monoisotopic (exact) mass is 303 g/mol. The van der Waals surface area contributed by atoms with Gasteiger partial charge in [-0.3, -0.25) is 0 Å². The lowest BCUT2D eigenvalue weighted by molar-refractivity contribution is -0.175. The van der Waals surface area contributed by atoms with Gasteiger partial charge in [0.15, 0.2) is 0 Å². The fourth-order valence-corrected chi connectivity index (χ4v) is 2.57. The van der Waals surface area contributed by atoms with Crippen LogP contribution in [0.4, 0.5) is 13.2 Å². The van der Waals surface area contributed by atoms with E-state index in [1.54, 1.807) is 0 Å². The van der Waals surface area contributed by atoms with Gasteiger partial charge in [-0.2, -0.15) is 13.2 Å². The van der Waals surface area contributed by atoms with Crippen molar-refractivity contribution in [3.63, 3.8) is 0 Å². The van der Waals surface area contributed by atoms with Crippen molar-refractivity contribution in [2.24, 2.45) is 0 Å². The van der Waals surface area contributed by atoms with Crippen molar-refractivity contribution in [3.8, 4) is 5.75 Å².